The summed E-state index contributed by atoms with van der Waals surface area (Å²) in [6.07, 6.45) is 3.63. The van der Waals surface area contributed by atoms with Crippen molar-refractivity contribution < 1.29 is 4.74 Å². The number of aromatic nitrogens is 5. The number of ether oxygens (including phenoxy) is 1. The molecule has 2 aromatic heterocycles. The van der Waals surface area contributed by atoms with Gasteiger partial charge in [-0.25, -0.2) is 4.98 Å². The molecule has 0 amide bonds. The molecule has 1 fully saturated rings. The van der Waals surface area contributed by atoms with Gasteiger partial charge in [-0.05, 0) is 0 Å². The zero-order valence-electron chi connectivity index (χ0n) is 11.9. The van der Waals surface area contributed by atoms with Gasteiger partial charge >= 0.3 is 0 Å². The van der Waals surface area contributed by atoms with Gasteiger partial charge in [-0.15, -0.1) is 0 Å². The lowest BCUT2D eigenvalue weighted by atomic mass is 10.4. The highest BCUT2D eigenvalue weighted by atomic mass is 16.5. The first-order chi connectivity index (χ1) is 10.2. The van der Waals surface area contributed by atoms with Gasteiger partial charge in [0.2, 0.25) is 17.8 Å². The van der Waals surface area contributed by atoms with Crippen LogP contribution in [-0.2, 0) is 18.3 Å². The summed E-state index contributed by atoms with van der Waals surface area (Å²) < 4.78 is 7.25. The van der Waals surface area contributed by atoms with E-state index in [4.69, 9.17) is 10.5 Å². The number of hydrogen-bond donors (Lipinski definition) is 2. The summed E-state index contributed by atoms with van der Waals surface area (Å²) in [6.45, 7) is 3.36. The molecule has 0 bridgehead atoms. The van der Waals surface area contributed by atoms with Crippen LogP contribution in [0, 0.1) is 0 Å². The average Bonchev–Trinajstić information content (AvgIpc) is 2.91. The van der Waals surface area contributed by atoms with Crippen LogP contribution in [0.25, 0.3) is 0 Å². The third-order valence-electron chi connectivity index (χ3n) is 3.26. The zero-order chi connectivity index (χ0) is 14.7. The van der Waals surface area contributed by atoms with Crippen LogP contribution < -0.4 is 16.0 Å². The molecule has 3 heterocycles. The number of nitrogens with zero attached hydrogens (tertiary/aromatic N) is 6. The SMILES string of the molecule is Cn1ccnc1CNc1nc(N)nc(N2CCOCC2)n1. The van der Waals surface area contributed by atoms with E-state index in [9.17, 15) is 0 Å². The number of nitrogens with two attached hydrogens (primary N) is 1. The van der Waals surface area contributed by atoms with Gasteiger partial charge in [0, 0.05) is 32.5 Å². The van der Waals surface area contributed by atoms with Crippen molar-refractivity contribution >= 4 is 17.8 Å². The van der Waals surface area contributed by atoms with Gasteiger partial charge in [0.05, 0.1) is 19.8 Å². The maximum atomic E-state index is 5.76. The van der Waals surface area contributed by atoms with E-state index < -0.39 is 0 Å². The molecular formula is C12H18N8O. The largest absolute Gasteiger partial charge is 0.378 e. The first kappa shape index (κ1) is 13.6. The summed E-state index contributed by atoms with van der Waals surface area (Å²) in [5.41, 5.74) is 5.76. The number of anilines is 3. The van der Waals surface area contributed by atoms with Crippen molar-refractivity contribution in [1.29, 1.82) is 0 Å². The molecule has 0 aromatic carbocycles. The number of rotatable bonds is 4. The standard InChI is InChI=1S/C12H18N8O/c1-19-3-2-14-9(19)8-15-11-16-10(13)17-12(18-11)20-4-6-21-7-5-20/h2-3H,4-8H2,1H3,(H3,13,15,16,17,18). The smallest absolute Gasteiger partial charge is 0.232 e. The van der Waals surface area contributed by atoms with Gasteiger partial charge in [-0.2, -0.15) is 15.0 Å². The first-order valence-electron chi connectivity index (χ1n) is 6.76. The molecule has 0 unspecified atom stereocenters. The molecule has 3 N–H and O–H groups in total. The first-order valence-corrected chi connectivity index (χ1v) is 6.76. The van der Waals surface area contributed by atoms with Crippen LogP contribution in [0.1, 0.15) is 5.82 Å². The molecule has 2 aromatic rings. The van der Waals surface area contributed by atoms with Gasteiger partial charge in [-0.1, -0.05) is 0 Å². The average molecular weight is 290 g/mol. The third kappa shape index (κ3) is 3.19. The number of imidazole rings is 1. The van der Waals surface area contributed by atoms with Crippen molar-refractivity contribution in [3.63, 3.8) is 0 Å². The number of aryl methyl sites for hydroxylation is 1. The number of nitrogens with one attached hydrogen (secondary N) is 1. The Balaban J connectivity index is 1.73. The summed E-state index contributed by atoms with van der Waals surface area (Å²) >= 11 is 0. The van der Waals surface area contributed by atoms with Crippen molar-refractivity contribution in [3.05, 3.63) is 18.2 Å². The second-order valence-electron chi connectivity index (χ2n) is 4.72. The normalized spacial score (nSPS) is 15.2. The molecule has 0 radical (unpaired) electrons. The molecule has 0 saturated carbocycles. The van der Waals surface area contributed by atoms with Crippen LogP contribution in [0.3, 0.4) is 0 Å². The van der Waals surface area contributed by atoms with E-state index in [1.807, 2.05) is 22.7 Å². The molecule has 0 spiro atoms. The fraction of sp³-hybridized carbons (Fsp3) is 0.500. The molecule has 3 rings (SSSR count). The van der Waals surface area contributed by atoms with Crippen LogP contribution in [-0.4, -0.2) is 50.8 Å². The highest BCUT2D eigenvalue weighted by molar-refractivity contribution is 5.42. The molecule has 1 aliphatic rings. The second-order valence-corrected chi connectivity index (χ2v) is 4.72. The minimum absolute atomic E-state index is 0.203. The summed E-state index contributed by atoms with van der Waals surface area (Å²) in [4.78, 5) is 19.0. The quantitative estimate of drug-likeness (QED) is 0.786. The molecule has 21 heavy (non-hydrogen) atoms. The van der Waals surface area contributed by atoms with E-state index in [1.54, 1.807) is 6.20 Å². The van der Waals surface area contributed by atoms with E-state index >= 15 is 0 Å². The Hall–Kier alpha value is -2.42. The zero-order valence-corrected chi connectivity index (χ0v) is 11.9. The summed E-state index contributed by atoms with van der Waals surface area (Å²) in [5.74, 6) is 2.12. The fourth-order valence-electron chi connectivity index (χ4n) is 2.09. The van der Waals surface area contributed by atoms with Gasteiger partial charge < -0.3 is 25.3 Å². The van der Waals surface area contributed by atoms with Crippen LogP contribution in [0.5, 0.6) is 0 Å². The van der Waals surface area contributed by atoms with Crippen LogP contribution in [0.15, 0.2) is 12.4 Å². The summed E-state index contributed by atoms with van der Waals surface area (Å²) in [5, 5.41) is 3.12. The Morgan fingerprint density at radius 3 is 2.81 bits per heavy atom. The van der Waals surface area contributed by atoms with E-state index in [2.05, 4.69) is 25.3 Å². The topological polar surface area (TPSA) is 107 Å². The van der Waals surface area contributed by atoms with Gasteiger partial charge in [0.1, 0.15) is 5.82 Å². The Morgan fingerprint density at radius 1 is 1.29 bits per heavy atom. The number of morpholine rings is 1. The Labute approximate surface area is 122 Å². The van der Waals surface area contributed by atoms with E-state index in [-0.39, 0.29) is 5.95 Å². The van der Waals surface area contributed by atoms with Gasteiger partial charge in [-0.3, -0.25) is 0 Å². The lowest BCUT2D eigenvalue weighted by molar-refractivity contribution is 0.122. The monoisotopic (exact) mass is 290 g/mol. The van der Waals surface area contributed by atoms with Crippen molar-refractivity contribution in [2.45, 2.75) is 6.54 Å². The maximum Gasteiger partial charge on any atom is 0.232 e. The summed E-state index contributed by atoms with van der Waals surface area (Å²) in [7, 11) is 1.94. The minimum atomic E-state index is 0.203. The molecular weight excluding hydrogens is 272 g/mol. The Kier molecular flexibility index (Phi) is 3.82. The van der Waals surface area contributed by atoms with E-state index in [0.29, 0.717) is 31.7 Å². The highest BCUT2D eigenvalue weighted by Crippen LogP contribution is 2.13. The van der Waals surface area contributed by atoms with Crippen LogP contribution in [0.4, 0.5) is 17.8 Å². The summed E-state index contributed by atoms with van der Waals surface area (Å²) in [6, 6.07) is 0. The second kappa shape index (κ2) is 5.92. The molecule has 0 atom stereocenters. The highest BCUT2D eigenvalue weighted by Gasteiger charge is 2.15. The molecule has 9 nitrogen and oxygen atoms in total. The van der Waals surface area contributed by atoms with Crippen molar-refractivity contribution in [3.8, 4) is 0 Å². The predicted molar refractivity (Wildman–Crippen MR) is 77.8 cm³/mol. The third-order valence-corrected chi connectivity index (χ3v) is 3.26. The number of hydrogen-bond acceptors (Lipinski definition) is 8. The minimum Gasteiger partial charge on any atom is -0.378 e. The van der Waals surface area contributed by atoms with Gasteiger partial charge in [0.25, 0.3) is 0 Å². The Morgan fingerprint density at radius 2 is 2.10 bits per heavy atom. The molecule has 9 heteroatoms. The lowest BCUT2D eigenvalue weighted by Gasteiger charge is -2.26. The molecule has 112 valence electrons. The molecule has 1 aliphatic heterocycles. The van der Waals surface area contributed by atoms with Gasteiger partial charge in [0.15, 0.2) is 0 Å². The van der Waals surface area contributed by atoms with Crippen molar-refractivity contribution in [2.24, 2.45) is 7.05 Å². The molecule has 0 aliphatic carbocycles. The Bertz CT molecular complexity index is 607. The van der Waals surface area contributed by atoms with E-state index in [0.717, 1.165) is 18.9 Å². The van der Waals surface area contributed by atoms with Crippen LogP contribution in [0.2, 0.25) is 0 Å². The van der Waals surface area contributed by atoms with Crippen molar-refractivity contribution in [1.82, 2.24) is 24.5 Å². The maximum absolute atomic E-state index is 5.76. The van der Waals surface area contributed by atoms with Crippen LogP contribution >= 0.6 is 0 Å². The van der Waals surface area contributed by atoms with E-state index in [1.165, 1.54) is 0 Å². The molecule has 1 saturated heterocycles. The predicted octanol–water partition coefficient (Wildman–Crippen LogP) is -0.364. The fourth-order valence-corrected chi connectivity index (χ4v) is 2.09. The lowest BCUT2D eigenvalue weighted by Crippen LogP contribution is -2.37. The number of nitrogen functional groups attached to an aromatic ring is 1. The van der Waals surface area contributed by atoms with Crippen molar-refractivity contribution in [2.75, 3.05) is 42.3 Å².